The van der Waals surface area contributed by atoms with E-state index in [4.69, 9.17) is 0 Å². The van der Waals surface area contributed by atoms with E-state index in [-0.39, 0.29) is 0 Å². The van der Waals surface area contributed by atoms with Crippen LogP contribution in [0, 0.1) is 0 Å². The molecule has 5 nitrogen and oxygen atoms in total. The number of benzene rings is 1. The number of imidazole rings is 1. The molecule has 1 aromatic carbocycles. The summed E-state index contributed by atoms with van der Waals surface area (Å²) in [6.07, 6.45) is 0.484. The Bertz CT molecular complexity index is 516. The Morgan fingerprint density at radius 3 is 2.93 bits per heavy atom. The second-order valence-corrected chi connectivity index (χ2v) is 2.75. The molecule has 0 N–H and O–H groups in total. The van der Waals surface area contributed by atoms with Crippen molar-refractivity contribution in [2.75, 3.05) is 0 Å². The number of nitrogens with zero attached hydrogens (tertiary/aromatic N) is 2. The molecule has 0 aliphatic carbocycles. The molecule has 70 valence electrons. The standard InChI is InChI=1S/C9H6N2O3/c12-4-6-1-2-8-7(3-6)10-5-11(8)9(13)14/h1-5H,(H,13,14)/p-1. The van der Waals surface area contributed by atoms with E-state index in [9.17, 15) is 14.7 Å². The normalized spacial score (nSPS) is 10.3. The molecule has 0 aliphatic rings. The molecular weight excluding hydrogens is 184 g/mol. The van der Waals surface area contributed by atoms with Gasteiger partial charge in [0.05, 0.1) is 11.0 Å². The monoisotopic (exact) mass is 189 g/mol. The number of fused-ring (bicyclic) bond motifs is 1. The minimum absolute atomic E-state index is 0.413. The zero-order chi connectivity index (χ0) is 10.1. The third-order valence-electron chi connectivity index (χ3n) is 1.90. The Balaban J connectivity index is 2.71. The van der Waals surface area contributed by atoms with Crippen LogP contribution in [0.25, 0.3) is 11.0 Å². The number of aldehydes is 1. The summed E-state index contributed by atoms with van der Waals surface area (Å²) < 4.78 is 0.893. The molecule has 0 radical (unpaired) electrons. The average molecular weight is 189 g/mol. The summed E-state index contributed by atoms with van der Waals surface area (Å²) in [5, 5.41) is 10.6. The molecular formula is C9H5N2O3-. The molecule has 0 bridgehead atoms. The van der Waals surface area contributed by atoms with E-state index in [0.29, 0.717) is 22.9 Å². The van der Waals surface area contributed by atoms with Crippen molar-refractivity contribution < 1.29 is 14.7 Å². The lowest BCUT2D eigenvalue weighted by molar-refractivity contribution is -0.249. The number of carboxylic acid groups (broad SMARTS) is 1. The van der Waals surface area contributed by atoms with Crippen LogP contribution in [-0.2, 0) is 0 Å². The van der Waals surface area contributed by atoms with Crippen molar-refractivity contribution in [3.63, 3.8) is 0 Å². The van der Waals surface area contributed by atoms with Gasteiger partial charge in [-0.25, -0.2) is 4.98 Å². The lowest BCUT2D eigenvalue weighted by Gasteiger charge is -2.02. The first-order valence-electron chi connectivity index (χ1n) is 3.86. The highest BCUT2D eigenvalue weighted by Gasteiger charge is 2.03. The highest BCUT2D eigenvalue weighted by Crippen LogP contribution is 2.13. The molecule has 0 atom stereocenters. The van der Waals surface area contributed by atoms with E-state index in [2.05, 4.69) is 4.98 Å². The van der Waals surface area contributed by atoms with Gasteiger partial charge in [0, 0.05) is 5.56 Å². The quantitative estimate of drug-likeness (QED) is 0.593. The summed E-state index contributed by atoms with van der Waals surface area (Å²) in [5.41, 5.74) is 1.33. The number of hydrogen-bond donors (Lipinski definition) is 0. The van der Waals surface area contributed by atoms with E-state index in [1.54, 1.807) is 0 Å². The zero-order valence-electron chi connectivity index (χ0n) is 7.01. The third kappa shape index (κ3) is 1.15. The largest absolute Gasteiger partial charge is 0.529 e. The van der Waals surface area contributed by atoms with Gasteiger partial charge in [0.15, 0.2) is 0 Å². The summed E-state index contributed by atoms with van der Waals surface area (Å²) >= 11 is 0. The SMILES string of the molecule is O=Cc1ccc2c(c1)ncn2C(=O)[O-]. The summed E-state index contributed by atoms with van der Waals surface area (Å²) in [6.45, 7) is 0. The van der Waals surface area contributed by atoms with E-state index in [0.717, 1.165) is 10.9 Å². The molecule has 2 rings (SSSR count). The first-order valence-corrected chi connectivity index (χ1v) is 3.86. The highest BCUT2D eigenvalue weighted by molar-refractivity contribution is 5.89. The van der Waals surface area contributed by atoms with Gasteiger partial charge < -0.3 is 9.90 Å². The van der Waals surface area contributed by atoms with Crippen LogP contribution in [0.2, 0.25) is 0 Å². The van der Waals surface area contributed by atoms with Crippen LogP contribution in [0.3, 0.4) is 0 Å². The molecule has 1 heterocycles. The van der Waals surface area contributed by atoms with Gasteiger partial charge in [-0.15, -0.1) is 0 Å². The lowest BCUT2D eigenvalue weighted by atomic mass is 10.2. The van der Waals surface area contributed by atoms with Crippen molar-refractivity contribution in [2.24, 2.45) is 0 Å². The molecule has 1 aromatic heterocycles. The molecule has 0 spiro atoms. The minimum atomic E-state index is -1.34. The number of rotatable bonds is 1. The topological polar surface area (TPSA) is 75.0 Å². The van der Waals surface area contributed by atoms with Gasteiger partial charge in [-0.1, -0.05) is 0 Å². The molecule has 0 unspecified atom stereocenters. The van der Waals surface area contributed by atoms with Crippen LogP contribution < -0.4 is 5.11 Å². The maximum absolute atomic E-state index is 10.6. The van der Waals surface area contributed by atoms with Gasteiger partial charge in [-0.05, 0) is 18.2 Å². The van der Waals surface area contributed by atoms with Gasteiger partial charge in [0.2, 0.25) is 0 Å². The lowest BCUT2D eigenvalue weighted by Crippen LogP contribution is -2.27. The van der Waals surface area contributed by atoms with Crippen molar-refractivity contribution in [2.45, 2.75) is 0 Å². The highest BCUT2D eigenvalue weighted by atomic mass is 16.4. The smallest absolute Gasteiger partial charge is 0.150 e. The number of hydrogen-bond acceptors (Lipinski definition) is 4. The van der Waals surface area contributed by atoms with Crippen molar-refractivity contribution in [1.29, 1.82) is 0 Å². The number of carbonyl (C=O) groups is 2. The molecule has 0 saturated carbocycles. The van der Waals surface area contributed by atoms with E-state index < -0.39 is 6.09 Å². The molecule has 0 saturated heterocycles. The van der Waals surface area contributed by atoms with Crippen molar-refractivity contribution >= 4 is 23.4 Å². The van der Waals surface area contributed by atoms with Gasteiger partial charge in [-0.2, -0.15) is 0 Å². The van der Waals surface area contributed by atoms with Gasteiger partial charge in [-0.3, -0.25) is 9.36 Å². The number of carbonyl (C=O) groups excluding carboxylic acids is 2. The fourth-order valence-electron chi connectivity index (χ4n) is 1.25. The minimum Gasteiger partial charge on any atom is -0.529 e. The molecule has 5 heteroatoms. The van der Waals surface area contributed by atoms with E-state index in [1.165, 1.54) is 18.2 Å². The summed E-state index contributed by atoms with van der Waals surface area (Å²) in [7, 11) is 0. The molecule has 0 amide bonds. The van der Waals surface area contributed by atoms with Gasteiger partial charge >= 0.3 is 0 Å². The maximum Gasteiger partial charge on any atom is 0.150 e. The Morgan fingerprint density at radius 1 is 1.50 bits per heavy atom. The molecule has 0 fully saturated rings. The van der Waals surface area contributed by atoms with Crippen LogP contribution in [0.15, 0.2) is 24.5 Å². The predicted molar refractivity (Wildman–Crippen MR) is 45.9 cm³/mol. The summed E-state index contributed by atoms with van der Waals surface area (Å²) in [6, 6.07) is 4.56. The number of aromatic nitrogens is 2. The van der Waals surface area contributed by atoms with Crippen LogP contribution in [0.4, 0.5) is 4.79 Å². The summed E-state index contributed by atoms with van der Waals surface area (Å²) in [4.78, 5) is 24.8. The third-order valence-corrected chi connectivity index (χ3v) is 1.90. The van der Waals surface area contributed by atoms with Crippen molar-refractivity contribution in [1.82, 2.24) is 9.55 Å². The van der Waals surface area contributed by atoms with Crippen LogP contribution >= 0.6 is 0 Å². The Morgan fingerprint density at radius 2 is 2.29 bits per heavy atom. The zero-order valence-corrected chi connectivity index (χ0v) is 7.01. The van der Waals surface area contributed by atoms with E-state index >= 15 is 0 Å². The second-order valence-electron chi connectivity index (χ2n) is 2.75. The summed E-state index contributed by atoms with van der Waals surface area (Å²) in [5.74, 6) is 0. The molecule has 2 aromatic rings. The predicted octanol–water partition coefficient (Wildman–Crippen LogP) is 0.0402. The van der Waals surface area contributed by atoms with Crippen LogP contribution in [0.1, 0.15) is 10.4 Å². The second kappa shape index (κ2) is 2.95. The van der Waals surface area contributed by atoms with Crippen molar-refractivity contribution in [3.8, 4) is 0 Å². The first-order chi connectivity index (χ1) is 6.72. The molecule has 14 heavy (non-hydrogen) atoms. The van der Waals surface area contributed by atoms with Crippen LogP contribution in [0.5, 0.6) is 0 Å². The Hall–Kier alpha value is -2.17. The average Bonchev–Trinajstić information content (AvgIpc) is 2.59. The fraction of sp³-hybridized carbons (Fsp3) is 0. The fourth-order valence-corrected chi connectivity index (χ4v) is 1.25. The first kappa shape index (κ1) is 8.43. The van der Waals surface area contributed by atoms with Gasteiger partial charge in [0.25, 0.3) is 0 Å². The van der Waals surface area contributed by atoms with Crippen molar-refractivity contribution in [3.05, 3.63) is 30.1 Å². The van der Waals surface area contributed by atoms with E-state index in [1.807, 2.05) is 0 Å². The maximum atomic E-state index is 10.6. The van der Waals surface area contributed by atoms with Crippen LogP contribution in [-0.4, -0.2) is 21.9 Å². The Kier molecular flexibility index (Phi) is 1.78. The Labute approximate surface area is 78.6 Å². The van der Waals surface area contributed by atoms with Gasteiger partial charge in [0.1, 0.15) is 18.7 Å². The molecule has 0 aliphatic heterocycles.